The molecule has 0 radical (unpaired) electrons. The first-order chi connectivity index (χ1) is 15.1. The molecule has 2 aromatic carbocycles. The van der Waals surface area contributed by atoms with Crippen molar-refractivity contribution in [2.75, 3.05) is 11.5 Å². The molecule has 0 fully saturated rings. The predicted octanol–water partition coefficient (Wildman–Crippen LogP) is 7.19. The van der Waals surface area contributed by atoms with Gasteiger partial charge in [-0.2, -0.15) is 0 Å². The Morgan fingerprint density at radius 1 is 0.968 bits per heavy atom. The number of halogens is 2. The van der Waals surface area contributed by atoms with Crippen molar-refractivity contribution in [3.05, 3.63) is 88.0 Å². The van der Waals surface area contributed by atoms with Crippen LogP contribution in [-0.2, 0) is 6.54 Å². The molecule has 0 bridgehead atoms. The Kier molecular flexibility index (Phi) is 8.74. The summed E-state index contributed by atoms with van der Waals surface area (Å²) in [6.07, 6.45) is 6.03. The molecule has 3 rings (SSSR count). The van der Waals surface area contributed by atoms with Crippen LogP contribution in [0.3, 0.4) is 0 Å². The minimum atomic E-state index is -0.235. The maximum Gasteiger partial charge on any atom is 0.259 e. The second kappa shape index (κ2) is 11.7. The summed E-state index contributed by atoms with van der Waals surface area (Å²) < 4.78 is 5.79. The van der Waals surface area contributed by atoms with Crippen LogP contribution in [0.1, 0.15) is 48.5 Å². The molecule has 0 N–H and O–H groups in total. The molecule has 0 aliphatic carbocycles. The lowest BCUT2D eigenvalue weighted by Crippen LogP contribution is -2.31. The van der Waals surface area contributed by atoms with E-state index < -0.39 is 0 Å². The van der Waals surface area contributed by atoms with Crippen molar-refractivity contribution in [2.45, 2.75) is 39.2 Å². The third-order valence-corrected chi connectivity index (χ3v) is 5.41. The Balaban J connectivity index is 1.82. The van der Waals surface area contributed by atoms with E-state index in [9.17, 15) is 4.79 Å². The first-order valence-corrected chi connectivity index (χ1v) is 11.2. The standard InChI is InChI=1S/C25H26Cl2N2O2/c1-2-3-4-10-15-31-24-21(26)16-20(17-22(24)27)25(30)29(23-13-8-9-14-28-23)18-19-11-6-5-7-12-19/h5-9,11-14,16-17H,2-4,10,15,18H2,1H3. The summed E-state index contributed by atoms with van der Waals surface area (Å²) in [5.74, 6) is 0.740. The lowest BCUT2D eigenvalue weighted by atomic mass is 10.1. The summed E-state index contributed by atoms with van der Waals surface area (Å²) in [5.41, 5.74) is 1.38. The van der Waals surface area contributed by atoms with Crippen molar-refractivity contribution in [1.82, 2.24) is 4.98 Å². The Bertz CT molecular complexity index is 958. The van der Waals surface area contributed by atoms with Gasteiger partial charge in [0.2, 0.25) is 0 Å². The van der Waals surface area contributed by atoms with E-state index in [4.69, 9.17) is 27.9 Å². The summed E-state index contributed by atoms with van der Waals surface area (Å²) in [4.78, 5) is 19.4. The van der Waals surface area contributed by atoms with Crippen molar-refractivity contribution in [2.24, 2.45) is 0 Å². The van der Waals surface area contributed by atoms with Gasteiger partial charge in [0.15, 0.2) is 5.75 Å². The number of anilines is 1. The van der Waals surface area contributed by atoms with Crippen molar-refractivity contribution >= 4 is 34.9 Å². The molecule has 0 spiro atoms. The third kappa shape index (κ3) is 6.46. The number of rotatable bonds is 10. The van der Waals surface area contributed by atoms with Gasteiger partial charge in [0.1, 0.15) is 5.82 Å². The molecule has 1 aromatic heterocycles. The summed E-state index contributed by atoms with van der Waals surface area (Å²) in [6, 6.07) is 18.5. The molecular formula is C25H26Cl2N2O2. The third-order valence-electron chi connectivity index (χ3n) is 4.84. The first kappa shape index (κ1) is 23.1. The molecule has 1 heterocycles. The summed E-state index contributed by atoms with van der Waals surface area (Å²) in [7, 11) is 0. The zero-order valence-electron chi connectivity index (χ0n) is 17.6. The van der Waals surface area contributed by atoms with Crippen molar-refractivity contribution in [3.8, 4) is 5.75 Å². The zero-order valence-corrected chi connectivity index (χ0v) is 19.1. The topological polar surface area (TPSA) is 42.4 Å². The second-order valence-electron chi connectivity index (χ2n) is 7.24. The number of hydrogen-bond acceptors (Lipinski definition) is 3. The largest absolute Gasteiger partial charge is 0.490 e. The van der Waals surface area contributed by atoms with Gasteiger partial charge < -0.3 is 4.74 Å². The fourth-order valence-electron chi connectivity index (χ4n) is 3.22. The highest BCUT2D eigenvalue weighted by Gasteiger charge is 2.22. The highest BCUT2D eigenvalue weighted by Crippen LogP contribution is 2.35. The number of unbranched alkanes of at least 4 members (excludes halogenated alkanes) is 3. The Labute approximate surface area is 193 Å². The molecule has 0 atom stereocenters. The molecule has 0 saturated carbocycles. The van der Waals surface area contributed by atoms with Crippen molar-refractivity contribution in [3.63, 3.8) is 0 Å². The molecule has 4 nitrogen and oxygen atoms in total. The number of benzene rings is 2. The van der Waals surface area contributed by atoms with Crippen LogP contribution in [0.2, 0.25) is 10.0 Å². The molecule has 6 heteroatoms. The summed E-state index contributed by atoms with van der Waals surface area (Å²) in [6.45, 7) is 3.08. The number of hydrogen-bond donors (Lipinski definition) is 0. The molecule has 0 aliphatic heterocycles. The quantitative estimate of drug-likeness (QED) is 0.303. The number of aromatic nitrogens is 1. The maximum absolute atomic E-state index is 13.4. The first-order valence-electron chi connectivity index (χ1n) is 10.5. The average Bonchev–Trinajstić information content (AvgIpc) is 2.79. The molecule has 162 valence electrons. The lowest BCUT2D eigenvalue weighted by Gasteiger charge is -2.22. The molecule has 3 aromatic rings. The fourth-order valence-corrected chi connectivity index (χ4v) is 3.81. The van der Waals surface area contributed by atoms with E-state index in [-0.39, 0.29) is 5.91 Å². The molecule has 0 unspecified atom stereocenters. The van der Waals surface area contributed by atoms with Gasteiger partial charge in [-0.25, -0.2) is 4.98 Å². The monoisotopic (exact) mass is 456 g/mol. The molecule has 1 amide bonds. The second-order valence-corrected chi connectivity index (χ2v) is 8.06. The minimum Gasteiger partial charge on any atom is -0.490 e. The van der Waals surface area contributed by atoms with Crippen molar-refractivity contribution < 1.29 is 9.53 Å². The Morgan fingerprint density at radius 3 is 2.32 bits per heavy atom. The highest BCUT2D eigenvalue weighted by atomic mass is 35.5. The molecular weight excluding hydrogens is 431 g/mol. The van der Waals surface area contributed by atoms with E-state index in [1.165, 1.54) is 6.42 Å². The van der Waals surface area contributed by atoms with E-state index in [0.29, 0.717) is 40.3 Å². The van der Waals surface area contributed by atoms with E-state index in [1.807, 2.05) is 42.5 Å². The minimum absolute atomic E-state index is 0.235. The number of amides is 1. The van der Waals surface area contributed by atoms with Crippen LogP contribution < -0.4 is 9.64 Å². The van der Waals surface area contributed by atoms with Crippen LogP contribution in [0.4, 0.5) is 5.82 Å². The number of ether oxygens (including phenoxy) is 1. The van der Waals surface area contributed by atoms with Gasteiger partial charge in [-0.1, -0.05) is 85.8 Å². The van der Waals surface area contributed by atoms with Gasteiger partial charge in [0.25, 0.3) is 5.91 Å². The van der Waals surface area contributed by atoms with Crippen LogP contribution >= 0.6 is 23.2 Å². The Morgan fingerprint density at radius 2 is 1.68 bits per heavy atom. The van der Waals surface area contributed by atoms with Crippen LogP contribution in [-0.4, -0.2) is 17.5 Å². The number of nitrogens with zero attached hydrogens (tertiary/aromatic N) is 2. The van der Waals surface area contributed by atoms with Gasteiger partial charge in [0.05, 0.1) is 23.2 Å². The number of carbonyl (C=O) groups excluding carboxylic acids is 1. The maximum atomic E-state index is 13.4. The van der Waals surface area contributed by atoms with Gasteiger partial charge >= 0.3 is 0 Å². The highest BCUT2D eigenvalue weighted by molar-refractivity contribution is 6.37. The number of carbonyl (C=O) groups is 1. The predicted molar refractivity (Wildman–Crippen MR) is 127 cm³/mol. The lowest BCUT2D eigenvalue weighted by molar-refractivity contribution is 0.0984. The fraction of sp³-hybridized carbons (Fsp3) is 0.280. The van der Waals surface area contributed by atoms with Crippen LogP contribution in [0.25, 0.3) is 0 Å². The van der Waals surface area contributed by atoms with Crippen LogP contribution in [0, 0.1) is 0 Å². The summed E-state index contributed by atoms with van der Waals surface area (Å²) >= 11 is 12.9. The van der Waals surface area contributed by atoms with Gasteiger partial charge in [-0.3, -0.25) is 9.69 Å². The van der Waals surface area contributed by atoms with Gasteiger partial charge in [-0.15, -0.1) is 0 Å². The molecule has 31 heavy (non-hydrogen) atoms. The van der Waals surface area contributed by atoms with E-state index in [0.717, 1.165) is 24.8 Å². The average molecular weight is 457 g/mol. The number of pyridine rings is 1. The SMILES string of the molecule is CCCCCCOc1c(Cl)cc(C(=O)N(Cc2ccccc2)c2ccccn2)cc1Cl. The Hall–Kier alpha value is -2.56. The van der Waals surface area contributed by atoms with Crippen LogP contribution in [0.5, 0.6) is 5.75 Å². The van der Waals surface area contributed by atoms with E-state index in [2.05, 4.69) is 11.9 Å². The van der Waals surface area contributed by atoms with E-state index in [1.54, 1.807) is 29.3 Å². The molecule has 0 aliphatic rings. The van der Waals surface area contributed by atoms with Crippen LogP contribution in [0.15, 0.2) is 66.9 Å². The van der Waals surface area contributed by atoms with Crippen molar-refractivity contribution in [1.29, 1.82) is 0 Å². The normalized spacial score (nSPS) is 10.7. The van der Waals surface area contributed by atoms with E-state index >= 15 is 0 Å². The summed E-state index contributed by atoms with van der Waals surface area (Å²) in [5, 5.41) is 0.652. The zero-order chi connectivity index (χ0) is 22.1. The molecule has 0 saturated heterocycles. The van der Waals surface area contributed by atoms with Gasteiger partial charge in [-0.05, 0) is 36.2 Å². The smallest absolute Gasteiger partial charge is 0.259 e. The van der Waals surface area contributed by atoms with Gasteiger partial charge in [0, 0.05) is 11.8 Å².